The van der Waals surface area contributed by atoms with Gasteiger partial charge in [-0.3, -0.25) is 4.79 Å². The molecule has 1 aliphatic rings. The number of sulfonamides is 1. The van der Waals surface area contributed by atoms with Crippen molar-refractivity contribution < 1.29 is 23.1 Å². The van der Waals surface area contributed by atoms with Gasteiger partial charge in [-0.25, -0.2) is 17.5 Å². The first kappa shape index (κ1) is 15.7. The van der Waals surface area contributed by atoms with Crippen LogP contribution in [0.5, 0.6) is 0 Å². The van der Waals surface area contributed by atoms with Crippen molar-refractivity contribution in [3.63, 3.8) is 0 Å². The maximum atomic E-state index is 11.9. The molecule has 8 nitrogen and oxygen atoms in total. The van der Waals surface area contributed by atoms with Crippen LogP contribution >= 0.6 is 0 Å². The molecule has 110 valence electrons. The molecular formula is C10H19N3O5S. The second-order valence-electron chi connectivity index (χ2n) is 4.46. The number of rotatable bonds is 5. The summed E-state index contributed by atoms with van der Waals surface area (Å²) in [6, 6.07) is 0. The zero-order valence-corrected chi connectivity index (χ0v) is 11.6. The SMILES string of the molecule is CNC(=O)CS(=O)(=O)N1CCC(CNC(=O)O)CC1. The third-order valence-corrected chi connectivity index (χ3v) is 4.88. The van der Waals surface area contributed by atoms with Crippen molar-refractivity contribution in [3.05, 3.63) is 0 Å². The van der Waals surface area contributed by atoms with Gasteiger partial charge in [0.2, 0.25) is 15.9 Å². The van der Waals surface area contributed by atoms with E-state index in [2.05, 4.69) is 10.6 Å². The molecule has 0 saturated carbocycles. The number of piperidine rings is 1. The van der Waals surface area contributed by atoms with Gasteiger partial charge in [-0.05, 0) is 18.8 Å². The highest BCUT2D eigenvalue weighted by molar-refractivity contribution is 7.89. The van der Waals surface area contributed by atoms with E-state index in [1.807, 2.05) is 0 Å². The van der Waals surface area contributed by atoms with Crippen molar-refractivity contribution >= 4 is 22.0 Å². The number of carbonyl (C=O) groups is 2. The molecule has 0 aliphatic carbocycles. The van der Waals surface area contributed by atoms with Crippen molar-refractivity contribution in [2.75, 3.05) is 32.4 Å². The van der Waals surface area contributed by atoms with Crippen LogP contribution in [-0.4, -0.2) is 62.3 Å². The number of nitrogens with zero attached hydrogens (tertiary/aromatic N) is 1. The highest BCUT2D eigenvalue weighted by atomic mass is 32.2. The van der Waals surface area contributed by atoms with E-state index in [-0.39, 0.29) is 5.92 Å². The van der Waals surface area contributed by atoms with Crippen LogP contribution in [-0.2, 0) is 14.8 Å². The van der Waals surface area contributed by atoms with E-state index in [9.17, 15) is 18.0 Å². The molecule has 3 N–H and O–H groups in total. The minimum absolute atomic E-state index is 0.141. The Labute approximate surface area is 112 Å². The minimum Gasteiger partial charge on any atom is -0.465 e. The Bertz CT molecular complexity index is 428. The fraction of sp³-hybridized carbons (Fsp3) is 0.800. The Morgan fingerprint density at radius 1 is 1.32 bits per heavy atom. The first-order chi connectivity index (χ1) is 8.85. The van der Waals surface area contributed by atoms with Gasteiger partial charge in [0.25, 0.3) is 0 Å². The van der Waals surface area contributed by atoms with Crippen LogP contribution in [0, 0.1) is 5.92 Å². The lowest BCUT2D eigenvalue weighted by Crippen LogP contribution is -2.44. The third-order valence-electron chi connectivity index (χ3n) is 3.10. The van der Waals surface area contributed by atoms with Crippen molar-refractivity contribution in [3.8, 4) is 0 Å². The zero-order chi connectivity index (χ0) is 14.5. The molecule has 0 aromatic heterocycles. The summed E-state index contributed by atoms with van der Waals surface area (Å²) in [7, 11) is -2.17. The van der Waals surface area contributed by atoms with Crippen molar-refractivity contribution in [2.45, 2.75) is 12.8 Å². The highest BCUT2D eigenvalue weighted by Gasteiger charge is 2.29. The molecule has 9 heteroatoms. The monoisotopic (exact) mass is 293 g/mol. The van der Waals surface area contributed by atoms with Crippen LogP contribution in [0.25, 0.3) is 0 Å². The van der Waals surface area contributed by atoms with Crippen LogP contribution in [0.1, 0.15) is 12.8 Å². The van der Waals surface area contributed by atoms with E-state index < -0.39 is 27.8 Å². The number of amides is 2. The molecule has 1 saturated heterocycles. The van der Waals surface area contributed by atoms with Crippen molar-refractivity contribution in [1.82, 2.24) is 14.9 Å². The first-order valence-electron chi connectivity index (χ1n) is 6.00. The Kier molecular flexibility index (Phi) is 5.55. The Morgan fingerprint density at radius 2 is 1.89 bits per heavy atom. The third kappa shape index (κ3) is 5.03. The standard InChI is InChI=1S/C10H19N3O5S/c1-11-9(14)7-19(17,18)13-4-2-8(3-5-13)6-12-10(15)16/h8,12H,2-7H2,1H3,(H,11,14)(H,15,16). The summed E-state index contributed by atoms with van der Waals surface area (Å²) in [5, 5.41) is 13.1. The van der Waals surface area contributed by atoms with Crippen LogP contribution in [0.4, 0.5) is 4.79 Å². The molecule has 0 bridgehead atoms. The number of nitrogens with one attached hydrogen (secondary N) is 2. The maximum absolute atomic E-state index is 11.9. The number of hydrogen-bond acceptors (Lipinski definition) is 4. The van der Waals surface area contributed by atoms with Gasteiger partial charge in [0.1, 0.15) is 5.75 Å². The number of hydrogen-bond donors (Lipinski definition) is 3. The van der Waals surface area contributed by atoms with E-state index in [1.165, 1.54) is 11.4 Å². The van der Waals surface area contributed by atoms with E-state index in [0.29, 0.717) is 32.5 Å². The first-order valence-corrected chi connectivity index (χ1v) is 7.61. The molecule has 0 aromatic rings. The van der Waals surface area contributed by atoms with Gasteiger partial charge in [-0.2, -0.15) is 0 Å². The van der Waals surface area contributed by atoms with E-state index >= 15 is 0 Å². The van der Waals surface area contributed by atoms with Crippen LogP contribution in [0.15, 0.2) is 0 Å². The summed E-state index contributed by atoms with van der Waals surface area (Å²) in [5.74, 6) is -0.932. The van der Waals surface area contributed by atoms with Crippen LogP contribution in [0.3, 0.4) is 0 Å². The van der Waals surface area contributed by atoms with Gasteiger partial charge in [0.15, 0.2) is 0 Å². The Hall–Kier alpha value is -1.35. The largest absolute Gasteiger partial charge is 0.465 e. The lowest BCUT2D eigenvalue weighted by atomic mass is 9.98. The Balaban J connectivity index is 2.44. The summed E-state index contributed by atoms with van der Waals surface area (Å²) < 4.78 is 25.1. The summed E-state index contributed by atoms with van der Waals surface area (Å²) in [6.07, 6.45) is 0.107. The molecule has 0 spiro atoms. The lowest BCUT2D eigenvalue weighted by molar-refractivity contribution is -0.118. The topological polar surface area (TPSA) is 116 Å². The number of carbonyl (C=O) groups excluding carboxylic acids is 1. The molecule has 1 heterocycles. The van der Waals surface area contributed by atoms with Gasteiger partial charge in [0, 0.05) is 26.7 Å². The molecule has 0 aromatic carbocycles. The molecule has 2 amide bonds. The summed E-state index contributed by atoms with van der Waals surface area (Å²) in [5.41, 5.74) is 0. The smallest absolute Gasteiger partial charge is 0.404 e. The number of carboxylic acid groups (broad SMARTS) is 1. The zero-order valence-electron chi connectivity index (χ0n) is 10.8. The second-order valence-corrected chi connectivity index (χ2v) is 6.43. The molecule has 1 rings (SSSR count). The van der Waals surface area contributed by atoms with Crippen LogP contribution < -0.4 is 10.6 Å². The Morgan fingerprint density at radius 3 is 2.37 bits per heavy atom. The average molecular weight is 293 g/mol. The van der Waals surface area contributed by atoms with Crippen LogP contribution in [0.2, 0.25) is 0 Å². The molecule has 0 atom stereocenters. The molecule has 1 aliphatic heterocycles. The second kappa shape index (κ2) is 6.71. The molecule has 19 heavy (non-hydrogen) atoms. The van der Waals surface area contributed by atoms with Gasteiger partial charge in [0.05, 0.1) is 0 Å². The fourth-order valence-electron chi connectivity index (χ4n) is 1.95. The average Bonchev–Trinajstić information content (AvgIpc) is 2.36. The molecule has 1 fully saturated rings. The normalized spacial score (nSPS) is 17.9. The van der Waals surface area contributed by atoms with Crippen molar-refractivity contribution in [2.24, 2.45) is 5.92 Å². The predicted molar refractivity (Wildman–Crippen MR) is 68.2 cm³/mol. The lowest BCUT2D eigenvalue weighted by Gasteiger charge is -2.30. The molecule has 0 unspecified atom stereocenters. The minimum atomic E-state index is -3.56. The summed E-state index contributed by atoms with van der Waals surface area (Å²) in [4.78, 5) is 21.5. The van der Waals surface area contributed by atoms with Gasteiger partial charge in [-0.15, -0.1) is 0 Å². The summed E-state index contributed by atoms with van der Waals surface area (Å²) in [6.45, 7) is 0.981. The summed E-state index contributed by atoms with van der Waals surface area (Å²) >= 11 is 0. The maximum Gasteiger partial charge on any atom is 0.404 e. The highest BCUT2D eigenvalue weighted by Crippen LogP contribution is 2.19. The predicted octanol–water partition coefficient (Wildman–Crippen LogP) is -0.958. The van der Waals surface area contributed by atoms with E-state index in [0.717, 1.165) is 0 Å². The van der Waals surface area contributed by atoms with E-state index in [4.69, 9.17) is 5.11 Å². The van der Waals surface area contributed by atoms with Gasteiger partial charge < -0.3 is 15.7 Å². The molecular weight excluding hydrogens is 274 g/mol. The fourth-order valence-corrected chi connectivity index (χ4v) is 3.38. The van der Waals surface area contributed by atoms with Gasteiger partial charge >= 0.3 is 6.09 Å². The molecule has 0 radical (unpaired) electrons. The van der Waals surface area contributed by atoms with E-state index in [1.54, 1.807) is 0 Å². The quantitative estimate of drug-likeness (QED) is 0.604. The van der Waals surface area contributed by atoms with Gasteiger partial charge in [-0.1, -0.05) is 0 Å². The van der Waals surface area contributed by atoms with Crippen molar-refractivity contribution in [1.29, 1.82) is 0 Å².